The summed E-state index contributed by atoms with van der Waals surface area (Å²) in [5.74, 6) is 0.152. The Morgan fingerprint density at radius 3 is 2.95 bits per heavy atom. The lowest BCUT2D eigenvalue weighted by Gasteiger charge is -2.12. The molecular weight excluding hydrogens is 262 g/mol. The Hall–Kier alpha value is -1.40. The minimum Gasteiger partial charge on any atom is -0.396 e. The summed E-state index contributed by atoms with van der Waals surface area (Å²) < 4.78 is 0. The number of carbonyl (C=O) groups is 1. The van der Waals surface area contributed by atoms with E-state index in [9.17, 15) is 4.79 Å². The molecule has 1 aromatic rings. The maximum absolute atomic E-state index is 11.8. The van der Waals surface area contributed by atoms with E-state index in [1.165, 1.54) is 11.3 Å². The van der Waals surface area contributed by atoms with Crippen LogP contribution in [0.4, 0.5) is 9.93 Å². The van der Waals surface area contributed by atoms with Crippen molar-refractivity contribution in [2.24, 2.45) is 5.92 Å². The van der Waals surface area contributed by atoms with Gasteiger partial charge < -0.3 is 10.4 Å². The van der Waals surface area contributed by atoms with E-state index in [4.69, 9.17) is 5.11 Å². The Kier molecular flexibility index (Phi) is 4.55. The molecule has 1 aliphatic rings. The number of rotatable bonds is 4. The smallest absolute Gasteiger partial charge is 0.321 e. The number of hydrogen-bond donors (Lipinski definition) is 3. The molecule has 2 rings (SSSR count). The number of aryl methyl sites for hydroxylation is 2. The van der Waals surface area contributed by atoms with Crippen molar-refractivity contribution < 1.29 is 9.90 Å². The van der Waals surface area contributed by atoms with Gasteiger partial charge in [-0.2, -0.15) is 0 Å². The lowest BCUT2D eigenvalue weighted by Crippen LogP contribution is -2.36. The summed E-state index contributed by atoms with van der Waals surface area (Å²) in [4.78, 5) is 17.3. The molecule has 0 aliphatic heterocycles. The molecule has 104 valence electrons. The molecular formula is C13H19N3O2S. The molecule has 0 saturated carbocycles. The van der Waals surface area contributed by atoms with Gasteiger partial charge in [-0.25, -0.2) is 9.78 Å². The second-order valence-corrected chi connectivity index (χ2v) is 5.85. The second-order valence-electron chi connectivity index (χ2n) is 4.64. The topological polar surface area (TPSA) is 74.2 Å². The maximum Gasteiger partial charge on any atom is 0.321 e. The number of thiazole rings is 1. The van der Waals surface area contributed by atoms with Crippen molar-refractivity contribution in [3.05, 3.63) is 22.7 Å². The number of aromatic nitrogens is 1. The summed E-state index contributed by atoms with van der Waals surface area (Å²) >= 11 is 1.49. The number of hydrogen-bond acceptors (Lipinski definition) is 4. The SMILES string of the molecule is CCc1nc(NC(=O)N[C@@H]2C=C[C@H](CO)C2)sc1C. The van der Waals surface area contributed by atoms with Gasteiger partial charge in [-0.3, -0.25) is 5.32 Å². The Morgan fingerprint density at radius 1 is 1.58 bits per heavy atom. The predicted octanol–water partition coefficient (Wildman–Crippen LogP) is 2.07. The number of aliphatic hydroxyl groups excluding tert-OH is 1. The standard InChI is InChI=1S/C13H19N3O2S/c1-3-11-8(2)19-13(15-11)16-12(18)14-10-5-4-9(6-10)7-17/h4-5,9-10,17H,3,6-7H2,1-2H3,(H2,14,15,16,18)/t9-,10+/m0/s1. The van der Waals surface area contributed by atoms with Gasteiger partial charge >= 0.3 is 6.03 Å². The molecule has 2 amide bonds. The molecule has 0 unspecified atom stereocenters. The highest BCUT2D eigenvalue weighted by atomic mass is 32.1. The van der Waals surface area contributed by atoms with E-state index in [1.54, 1.807) is 0 Å². The van der Waals surface area contributed by atoms with Gasteiger partial charge in [0.05, 0.1) is 5.69 Å². The zero-order valence-corrected chi connectivity index (χ0v) is 12.0. The first-order chi connectivity index (χ1) is 9.12. The lowest BCUT2D eigenvalue weighted by atomic mass is 10.1. The molecule has 0 saturated heterocycles. The Balaban J connectivity index is 1.86. The lowest BCUT2D eigenvalue weighted by molar-refractivity contribution is 0.238. The second kappa shape index (κ2) is 6.16. The van der Waals surface area contributed by atoms with E-state index in [0.29, 0.717) is 5.13 Å². The molecule has 0 radical (unpaired) electrons. The number of urea groups is 1. The van der Waals surface area contributed by atoms with Crippen LogP contribution in [-0.4, -0.2) is 28.8 Å². The number of aliphatic hydroxyl groups is 1. The largest absolute Gasteiger partial charge is 0.396 e. The van der Waals surface area contributed by atoms with Crippen LogP contribution in [-0.2, 0) is 6.42 Å². The van der Waals surface area contributed by atoms with Crippen LogP contribution in [0.15, 0.2) is 12.2 Å². The number of carbonyl (C=O) groups excluding carboxylic acids is 1. The van der Waals surface area contributed by atoms with E-state index in [-0.39, 0.29) is 24.6 Å². The van der Waals surface area contributed by atoms with Gasteiger partial charge in [-0.15, -0.1) is 11.3 Å². The quantitative estimate of drug-likeness (QED) is 0.740. The van der Waals surface area contributed by atoms with Crippen LogP contribution in [0.1, 0.15) is 23.9 Å². The highest BCUT2D eigenvalue weighted by Gasteiger charge is 2.20. The van der Waals surface area contributed by atoms with Gasteiger partial charge in [0.25, 0.3) is 0 Å². The first-order valence-electron chi connectivity index (χ1n) is 6.45. The predicted molar refractivity (Wildman–Crippen MR) is 76.5 cm³/mol. The van der Waals surface area contributed by atoms with Crippen LogP contribution in [0, 0.1) is 12.8 Å². The normalized spacial score (nSPS) is 21.6. The van der Waals surface area contributed by atoms with Gasteiger partial charge in [0.2, 0.25) is 0 Å². The summed E-state index contributed by atoms with van der Waals surface area (Å²) in [5, 5.41) is 15.3. The molecule has 19 heavy (non-hydrogen) atoms. The van der Waals surface area contributed by atoms with E-state index < -0.39 is 0 Å². The highest BCUT2D eigenvalue weighted by Crippen LogP contribution is 2.22. The zero-order chi connectivity index (χ0) is 13.8. The van der Waals surface area contributed by atoms with Crippen LogP contribution in [0.5, 0.6) is 0 Å². The molecule has 6 heteroatoms. The number of nitrogens with one attached hydrogen (secondary N) is 2. The van der Waals surface area contributed by atoms with Gasteiger partial charge in [0.1, 0.15) is 0 Å². The number of anilines is 1. The van der Waals surface area contributed by atoms with Crippen LogP contribution in [0.2, 0.25) is 0 Å². The summed E-state index contributed by atoms with van der Waals surface area (Å²) in [6.45, 7) is 4.18. The van der Waals surface area contributed by atoms with Crippen molar-refractivity contribution in [2.45, 2.75) is 32.7 Å². The molecule has 5 nitrogen and oxygen atoms in total. The molecule has 0 fully saturated rings. The zero-order valence-electron chi connectivity index (χ0n) is 11.1. The molecule has 1 heterocycles. The van der Waals surface area contributed by atoms with Gasteiger partial charge in [0.15, 0.2) is 5.13 Å². The average molecular weight is 281 g/mol. The minimum atomic E-state index is -0.246. The van der Waals surface area contributed by atoms with Gasteiger partial charge in [-0.1, -0.05) is 19.1 Å². The van der Waals surface area contributed by atoms with Gasteiger partial charge in [-0.05, 0) is 19.8 Å². The highest BCUT2D eigenvalue weighted by molar-refractivity contribution is 7.15. The van der Waals surface area contributed by atoms with Crippen LogP contribution in [0.25, 0.3) is 0 Å². The monoisotopic (exact) mass is 281 g/mol. The molecule has 0 bridgehead atoms. The minimum absolute atomic E-state index is 0.0103. The van der Waals surface area contributed by atoms with Crippen LogP contribution in [0.3, 0.4) is 0 Å². The molecule has 1 aliphatic carbocycles. The van der Waals surface area contributed by atoms with Crippen molar-refractivity contribution in [2.75, 3.05) is 11.9 Å². The van der Waals surface area contributed by atoms with E-state index in [1.807, 2.05) is 26.0 Å². The Morgan fingerprint density at radius 2 is 2.37 bits per heavy atom. The molecule has 0 spiro atoms. The molecule has 1 aromatic heterocycles. The van der Waals surface area contributed by atoms with Crippen LogP contribution >= 0.6 is 11.3 Å². The van der Waals surface area contributed by atoms with E-state index in [0.717, 1.165) is 23.4 Å². The van der Waals surface area contributed by atoms with E-state index >= 15 is 0 Å². The van der Waals surface area contributed by atoms with Crippen molar-refractivity contribution in [3.8, 4) is 0 Å². The van der Waals surface area contributed by atoms with Crippen molar-refractivity contribution >= 4 is 22.5 Å². The summed E-state index contributed by atoms with van der Waals surface area (Å²) in [6.07, 6.45) is 5.48. The fourth-order valence-electron chi connectivity index (χ4n) is 2.13. The number of nitrogens with zero attached hydrogens (tertiary/aromatic N) is 1. The first-order valence-corrected chi connectivity index (χ1v) is 7.27. The maximum atomic E-state index is 11.8. The fraction of sp³-hybridized carbons (Fsp3) is 0.538. The summed E-state index contributed by atoms with van der Waals surface area (Å²) in [5.41, 5.74) is 1.03. The summed E-state index contributed by atoms with van der Waals surface area (Å²) in [6, 6.07) is -0.256. The fourth-order valence-corrected chi connectivity index (χ4v) is 3.03. The first kappa shape index (κ1) is 14.0. The van der Waals surface area contributed by atoms with Crippen molar-refractivity contribution in [1.29, 1.82) is 0 Å². The Labute approximate surface area is 116 Å². The Bertz CT molecular complexity index is 484. The van der Waals surface area contributed by atoms with E-state index in [2.05, 4.69) is 15.6 Å². The molecule has 3 N–H and O–H groups in total. The van der Waals surface area contributed by atoms with Gasteiger partial charge in [0, 0.05) is 23.4 Å². The van der Waals surface area contributed by atoms with Crippen molar-refractivity contribution in [3.63, 3.8) is 0 Å². The average Bonchev–Trinajstić information content (AvgIpc) is 2.95. The molecule has 0 aromatic carbocycles. The third kappa shape index (κ3) is 3.54. The molecule has 2 atom stereocenters. The third-order valence-electron chi connectivity index (χ3n) is 3.17. The summed E-state index contributed by atoms with van der Waals surface area (Å²) in [7, 11) is 0. The number of amides is 2. The third-order valence-corrected chi connectivity index (χ3v) is 4.10. The van der Waals surface area contributed by atoms with Crippen molar-refractivity contribution in [1.82, 2.24) is 10.3 Å². The van der Waals surface area contributed by atoms with Crippen LogP contribution < -0.4 is 10.6 Å².